The van der Waals surface area contributed by atoms with Crippen molar-refractivity contribution >= 4 is 23.9 Å². The van der Waals surface area contributed by atoms with E-state index in [1.807, 2.05) is 12.2 Å². The molecule has 6 atom stereocenters. The number of carbonyl (C=O) groups excluding carboxylic acids is 3. The van der Waals surface area contributed by atoms with Crippen LogP contribution in [0.15, 0.2) is 72.9 Å². The van der Waals surface area contributed by atoms with E-state index in [-0.39, 0.29) is 25.9 Å². The van der Waals surface area contributed by atoms with Crippen molar-refractivity contribution in [3.63, 3.8) is 0 Å². The van der Waals surface area contributed by atoms with E-state index in [4.69, 9.17) is 23.7 Å². The maximum absolute atomic E-state index is 13.2. The lowest BCUT2D eigenvalue weighted by atomic mass is 9.98. The topological polar surface area (TPSA) is 175 Å². The summed E-state index contributed by atoms with van der Waals surface area (Å²) < 4.78 is 28.4. The van der Waals surface area contributed by atoms with E-state index >= 15 is 0 Å². The van der Waals surface area contributed by atoms with Crippen LogP contribution in [0, 0.1) is 0 Å². The Kier molecular flexibility index (Phi) is 48.8. The molecule has 3 N–H and O–H groups in total. The third kappa shape index (κ3) is 42.7. The Hall–Kier alpha value is -3.84. The number of esters is 3. The predicted octanol–water partition coefficient (Wildman–Crippen LogP) is 16.1. The minimum absolute atomic E-state index is 0.0143. The fourth-order valence-electron chi connectivity index (χ4n) is 9.08. The van der Waals surface area contributed by atoms with Gasteiger partial charge in [-0.2, -0.15) is 0 Å². The lowest BCUT2D eigenvalue weighted by Gasteiger charge is -2.40. The quantitative estimate of drug-likeness (QED) is 0.0228. The monoisotopic (exact) mass is 1080 g/mol. The van der Waals surface area contributed by atoms with Crippen LogP contribution in [-0.4, -0.2) is 89.2 Å². The first kappa shape index (κ1) is 71.2. The van der Waals surface area contributed by atoms with Gasteiger partial charge < -0.3 is 39.0 Å². The van der Waals surface area contributed by atoms with Crippen LogP contribution in [0.1, 0.15) is 265 Å². The Balaban J connectivity index is 2.72. The second-order valence-electron chi connectivity index (χ2n) is 21.0. The number of aliphatic carboxylic acids is 1. The molecular weight excluding hydrogens is 973 g/mol. The zero-order chi connectivity index (χ0) is 56.1. The van der Waals surface area contributed by atoms with Gasteiger partial charge in [-0.3, -0.25) is 14.4 Å². The molecule has 77 heavy (non-hydrogen) atoms. The first-order chi connectivity index (χ1) is 37.6. The summed E-state index contributed by atoms with van der Waals surface area (Å²) in [6.07, 6.45) is 54.6. The van der Waals surface area contributed by atoms with E-state index in [9.17, 15) is 34.5 Å². The van der Waals surface area contributed by atoms with Crippen molar-refractivity contribution in [2.75, 3.05) is 13.2 Å². The molecule has 12 nitrogen and oxygen atoms in total. The highest BCUT2D eigenvalue weighted by atomic mass is 16.7. The third-order valence-electron chi connectivity index (χ3n) is 13.8. The molecule has 1 fully saturated rings. The van der Waals surface area contributed by atoms with Gasteiger partial charge in [-0.1, -0.05) is 248 Å². The number of hydrogen-bond donors (Lipinski definition) is 3. The van der Waals surface area contributed by atoms with Crippen LogP contribution in [-0.2, 0) is 42.9 Å². The number of aliphatic hydroxyl groups excluding tert-OH is 2. The average molecular weight is 1080 g/mol. The minimum atomic E-state index is -1.92. The number of allylic oxidation sites excluding steroid dienone is 11. The summed E-state index contributed by atoms with van der Waals surface area (Å²) in [4.78, 5) is 51.1. The number of carbonyl (C=O) groups is 4. The molecule has 6 unspecified atom stereocenters. The molecule has 0 aromatic rings. The van der Waals surface area contributed by atoms with Crippen LogP contribution in [0.25, 0.3) is 0 Å². The van der Waals surface area contributed by atoms with Crippen molar-refractivity contribution in [3.05, 3.63) is 72.9 Å². The normalized spacial score (nSPS) is 18.5. The van der Waals surface area contributed by atoms with Crippen molar-refractivity contribution in [3.8, 4) is 0 Å². The first-order valence-electron chi connectivity index (χ1n) is 30.9. The zero-order valence-corrected chi connectivity index (χ0v) is 48.7. The van der Waals surface area contributed by atoms with Gasteiger partial charge in [0.25, 0.3) is 0 Å². The molecule has 1 rings (SSSR count). The highest BCUT2D eigenvalue weighted by molar-refractivity contribution is 5.74. The van der Waals surface area contributed by atoms with Gasteiger partial charge in [0.2, 0.25) is 0 Å². The smallest absolute Gasteiger partial charge is 0.335 e. The van der Waals surface area contributed by atoms with E-state index in [0.717, 1.165) is 83.5 Å². The summed E-state index contributed by atoms with van der Waals surface area (Å²) >= 11 is 0. The predicted molar refractivity (Wildman–Crippen MR) is 312 cm³/mol. The second kappa shape index (κ2) is 52.8. The number of unbranched alkanes of at least 4 members (excludes halogenated alkanes) is 27. The van der Waals surface area contributed by atoms with Gasteiger partial charge in [-0.25, -0.2) is 4.79 Å². The number of ether oxygens (including phenoxy) is 5. The van der Waals surface area contributed by atoms with Gasteiger partial charge in [0, 0.05) is 12.8 Å². The Bertz CT molecular complexity index is 1620. The van der Waals surface area contributed by atoms with Crippen LogP contribution < -0.4 is 0 Å². The molecule has 0 aromatic heterocycles. The fourth-order valence-corrected chi connectivity index (χ4v) is 9.08. The Morgan fingerprint density at radius 2 is 0.857 bits per heavy atom. The van der Waals surface area contributed by atoms with Gasteiger partial charge in [-0.15, -0.1) is 0 Å². The van der Waals surface area contributed by atoms with E-state index in [1.54, 1.807) is 6.08 Å². The van der Waals surface area contributed by atoms with Gasteiger partial charge in [-0.05, 0) is 70.6 Å². The lowest BCUT2D eigenvalue weighted by Crippen LogP contribution is -2.61. The Labute approximate surface area is 468 Å². The molecule has 1 aliphatic rings. The average Bonchev–Trinajstić information content (AvgIpc) is 3.42. The molecule has 0 aliphatic carbocycles. The van der Waals surface area contributed by atoms with Crippen molar-refractivity contribution < 1.29 is 58.2 Å². The highest BCUT2D eigenvalue weighted by Crippen LogP contribution is 2.26. The Morgan fingerprint density at radius 1 is 0.455 bits per heavy atom. The van der Waals surface area contributed by atoms with Gasteiger partial charge in [0.15, 0.2) is 24.6 Å². The van der Waals surface area contributed by atoms with Crippen LogP contribution in [0.4, 0.5) is 0 Å². The standard InChI is InChI=1S/C65H110O12/c1-4-7-10-13-16-19-22-25-28-29-32-35-38-41-44-47-50-53-59(68)76-63-61(70)60(69)62(64(71)72)77-65(63)74-55-56(75-58(67)52-49-46-43-40-37-34-31-27-24-21-18-15-12-9-6-3)54-73-57(66)51-48-45-42-39-36-33-30-26-23-20-17-14-11-8-5-2/h8,11,17,20,25-26,28,30,36,39,45,48,56,60-63,65,69-70H,4-7,9-10,12-16,18-19,21-24,27,29,31-35,37-38,40-44,46-47,49-55H2,1-3H3,(H,71,72)/b11-8-,20-17-,28-25-,30-26-,39-36-,48-45-. The third-order valence-corrected chi connectivity index (χ3v) is 13.8. The van der Waals surface area contributed by atoms with Crippen LogP contribution in [0.3, 0.4) is 0 Å². The molecule has 0 radical (unpaired) electrons. The number of carboxylic acid groups (broad SMARTS) is 1. The number of carboxylic acids is 1. The SMILES string of the molecule is CC/C=C\C/C=C\C/C=C\C/C=C\C/C=C\CC(=O)OCC(COC1OC(C(=O)O)C(O)C(O)C1OC(=O)CCCCCCCCC/C=C\CCCCCCCC)OC(=O)CCCCCCCCCCCCCCCCC. The molecule has 12 heteroatoms. The summed E-state index contributed by atoms with van der Waals surface area (Å²) in [7, 11) is 0. The van der Waals surface area contributed by atoms with Gasteiger partial charge in [0.05, 0.1) is 13.0 Å². The largest absolute Gasteiger partial charge is 0.479 e. The number of rotatable bonds is 52. The zero-order valence-electron chi connectivity index (χ0n) is 48.7. The second-order valence-corrected chi connectivity index (χ2v) is 21.0. The molecule has 0 aromatic carbocycles. The van der Waals surface area contributed by atoms with Crippen molar-refractivity contribution in [2.24, 2.45) is 0 Å². The van der Waals surface area contributed by atoms with Crippen molar-refractivity contribution in [1.29, 1.82) is 0 Å². The molecule has 0 bridgehead atoms. The molecule has 442 valence electrons. The van der Waals surface area contributed by atoms with E-state index < -0.39 is 67.3 Å². The number of hydrogen-bond acceptors (Lipinski definition) is 11. The molecule has 1 aliphatic heterocycles. The maximum atomic E-state index is 13.2. The minimum Gasteiger partial charge on any atom is -0.479 e. The molecule has 0 saturated carbocycles. The van der Waals surface area contributed by atoms with Gasteiger partial charge >= 0.3 is 23.9 Å². The Morgan fingerprint density at radius 3 is 1.30 bits per heavy atom. The molecular formula is C65H110O12. The van der Waals surface area contributed by atoms with Crippen LogP contribution in [0.5, 0.6) is 0 Å². The van der Waals surface area contributed by atoms with E-state index in [1.165, 1.54) is 122 Å². The summed E-state index contributed by atoms with van der Waals surface area (Å²) in [6.45, 7) is 5.81. The van der Waals surface area contributed by atoms with E-state index in [0.29, 0.717) is 19.3 Å². The van der Waals surface area contributed by atoms with E-state index in [2.05, 4.69) is 75.5 Å². The highest BCUT2D eigenvalue weighted by Gasteiger charge is 2.50. The molecule has 1 saturated heterocycles. The molecule has 1 heterocycles. The van der Waals surface area contributed by atoms with Crippen molar-refractivity contribution in [2.45, 2.75) is 302 Å². The number of aliphatic hydroxyl groups is 2. The fraction of sp³-hybridized carbons (Fsp3) is 0.754. The summed E-state index contributed by atoms with van der Waals surface area (Å²) in [5.74, 6) is -3.28. The first-order valence-corrected chi connectivity index (χ1v) is 30.9. The lowest BCUT2D eigenvalue weighted by molar-refractivity contribution is -0.301. The molecule has 0 spiro atoms. The van der Waals surface area contributed by atoms with Crippen LogP contribution >= 0.6 is 0 Å². The van der Waals surface area contributed by atoms with Crippen LogP contribution in [0.2, 0.25) is 0 Å². The molecule has 0 amide bonds. The summed E-state index contributed by atoms with van der Waals surface area (Å²) in [6, 6.07) is 0. The van der Waals surface area contributed by atoms with Gasteiger partial charge in [0.1, 0.15) is 18.8 Å². The summed E-state index contributed by atoms with van der Waals surface area (Å²) in [5, 5.41) is 31.5. The van der Waals surface area contributed by atoms with Crippen molar-refractivity contribution in [1.82, 2.24) is 0 Å². The summed E-state index contributed by atoms with van der Waals surface area (Å²) in [5.41, 5.74) is 0. The maximum Gasteiger partial charge on any atom is 0.335 e.